The number of hydrogen-bond donors (Lipinski definition) is 0. The van der Waals surface area contributed by atoms with E-state index in [0.717, 1.165) is 27.8 Å². The molecule has 0 fully saturated rings. The average Bonchev–Trinajstić information content (AvgIpc) is 2.95. The quantitative estimate of drug-likeness (QED) is 0.321. The van der Waals surface area contributed by atoms with Crippen molar-refractivity contribution in [3.63, 3.8) is 0 Å². The Morgan fingerprint density at radius 2 is 1.27 bits per heavy atom. The summed E-state index contributed by atoms with van der Waals surface area (Å²) in [5, 5.41) is 9.12. The van der Waals surface area contributed by atoms with E-state index in [0.29, 0.717) is 0 Å². The smallest absolute Gasteiger partial charge is 0.226 e. The molecule has 0 spiro atoms. The van der Waals surface area contributed by atoms with Gasteiger partial charge in [-0.25, -0.2) is 10.1 Å². The van der Waals surface area contributed by atoms with Crippen LogP contribution in [0.5, 0.6) is 0 Å². The zero-order chi connectivity index (χ0) is 16.5. The lowest BCUT2D eigenvalue weighted by Gasteiger charge is -2.01. The average molecular weight is 284 g/mol. The summed E-state index contributed by atoms with van der Waals surface area (Å²) in [5.74, 6) is 0. The molecule has 22 heavy (non-hydrogen) atoms. The molecular formula is C19H17BN2. The summed E-state index contributed by atoms with van der Waals surface area (Å²) < 4.78 is 0. The van der Waals surface area contributed by atoms with Crippen LogP contribution in [-0.4, -0.2) is 7.85 Å². The van der Waals surface area contributed by atoms with Crippen molar-refractivity contribution >= 4 is 13.4 Å². The van der Waals surface area contributed by atoms with Gasteiger partial charge in [0.2, 0.25) is 0 Å². The molecule has 1 aliphatic rings. The summed E-state index contributed by atoms with van der Waals surface area (Å²) >= 11 is 0. The van der Waals surface area contributed by atoms with Crippen LogP contribution in [0.2, 0.25) is 6.82 Å². The van der Waals surface area contributed by atoms with Crippen molar-refractivity contribution in [2.24, 2.45) is 0 Å². The molecule has 0 bridgehead atoms. The molecule has 2 aromatic carbocycles. The van der Waals surface area contributed by atoms with E-state index in [1.807, 2.05) is 68.4 Å². The minimum Gasteiger partial charge on any atom is -0.226 e. The summed E-state index contributed by atoms with van der Waals surface area (Å²) in [4.78, 5) is 3.35. The number of hydrogen-bond acceptors (Lipinski definition) is 1. The van der Waals surface area contributed by atoms with Gasteiger partial charge in [0, 0.05) is 5.57 Å². The first-order valence-corrected chi connectivity index (χ1v) is 7.15. The van der Waals surface area contributed by atoms with Gasteiger partial charge in [-0.15, -0.1) is 0 Å². The highest BCUT2D eigenvalue weighted by atomic mass is 14.7. The van der Waals surface area contributed by atoms with E-state index in [1.54, 1.807) is 0 Å². The Hall–Kier alpha value is -2.78. The van der Waals surface area contributed by atoms with Crippen LogP contribution in [0.25, 0.3) is 21.5 Å². The first-order valence-electron chi connectivity index (χ1n) is 7.15. The lowest BCUT2D eigenvalue weighted by Crippen LogP contribution is -1.85. The van der Waals surface area contributed by atoms with Gasteiger partial charge in [0.1, 0.15) is 0 Å². The summed E-state index contributed by atoms with van der Waals surface area (Å²) in [6.45, 7) is 12.7. The predicted octanol–water partition coefficient (Wildman–Crippen LogP) is 5.10. The molecule has 2 aromatic rings. The summed E-state index contributed by atoms with van der Waals surface area (Å²) in [6, 6.07) is 17.8. The molecule has 2 radical (unpaired) electrons. The van der Waals surface area contributed by atoms with Crippen molar-refractivity contribution in [1.82, 2.24) is 0 Å². The Labute approximate surface area is 134 Å². The van der Waals surface area contributed by atoms with Crippen molar-refractivity contribution in [3.05, 3.63) is 76.8 Å². The molecule has 0 heterocycles. The highest BCUT2D eigenvalue weighted by Gasteiger charge is 2.25. The van der Waals surface area contributed by atoms with Crippen LogP contribution in [0, 0.1) is 17.9 Å². The third-order valence-electron chi connectivity index (χ3n) is 3.14. The van der Waals surface area contributed by atoms with Gasteiger partial charge in [-0.05, 0) is 22.3 Å². The van der Waals surface area contributed by atoms with Crippen LogP contribution in [-0.2, 0) is 0 Å². The minimum absolute atomic E-state index is 0.160. The van der Waals surface area contributed by atoms with Crippen LogP contribution in [0.3, 0.4) is 0 Å². The first kappa shape index (κ1) is 17.3. The third kappa shape index (κ3) is 2.95. The minimum atomic E-state index is 0.160. The number of fused-ring (bicyclic) bond motifs is 3. The van der Waals surface area contributed by atoms with E-state index in [9.17, 15) is 0 Å². The summed E-state index contributed by atoms with van der Waals surface area (Å²) in [6.07, 6.45) is 0. The molecule has 0 atom stereocenters. The first-order chi connectivity index (χ1) is 10.9. The fourth-order valence-corrected chi connectivity index (χ4v) is 2.41. The Bertz CT molecular complexity index is 698. The van der Waals surface area contributed by atoms with Gasteiger partial charge < -0.3 is 0 Å². The van der Waals surface area contributed by atoms with Gasteiger partial charge in [-0.1, -0.05) is 69.2 Å². The highest BCUT2D eigenvalue weighted by molar-refractivity contribution is 6.05. The van der Waals surface area contributed by atoms with Gasteiger partial charge in [0.25, 0.3) is 5.70 Å². The molecule has 3 rings (SSSR count). The standard InChI is InChI=1S/C16H8N2.C2H6.CH3B/c1-18-15(10-17)16-13-8-4-2-6-11(13)12-7-3-5-9-14(12)16;2*1-2/h2-9H;1-2H3;1H3. The van der Waals surface area contributed by atoms with Crippen molar-refractivity contribution in [1.29, 1.82) is 5.26 Å². The molecule has 106 valence electrons. The lowest BCUT2D eigenvalue weighted by atomic mass is 10.0. The van der Waals surface area contributed by atoms with Crippen molar-refractivity contribution in [3.8, 4) is 17.2 Å². The largest absolute Gasteiger partial charge is 0.270 e. The fraction of sp³-hybridized carbons (Fsp3) is 0.158. The maximum absolute atomic E-state index is 9.12. The molecule has 0 saturated carbocycles. The van der Waals surface area contributed by atoms with Crippen LogP contribution < -0.4 is 0 Å². The predicted molar refractivity (Wildman–Crippen MR) is 93.1 cm³/mol. The second-order valence-electron chi connectivity index (χ2n) is 4.04. The molecule has 1 aliphatic carbocycles. The zero-order valence-corrected chi connectivity index (χ0v) is 13.1. The molecule has 0 aromatic heterocycles. The third-order valence-corrected chi connectivity index (χ3v) is 3.14. The Morgan fingerprint density at radius 1 is 0.909 bits per heavy atom. The number of allylic oxidation sites excluding steroid dienone is 1. The molecule has 0 unspecified atom stereocenters. The number of benzene rings is 2. The van der Waals surface area contributed by atoms with E-state index < -0.39 is 0 Å². The topological polar surface area (TPSA) is 28.1 Å². The van der Waals surface area contributed by atoms with Gasteiger partial charge in [-0.2, -0.15) is 0 Å². The maximum Gasteiger partial charge on any atom is 0.270 e. The summed E-state index contributed by atoms with van der Waals surface area (Å²) in [7, 11) is 4.50. The van der Waals surface area contributed by atoms with Gasteiger partial charge in [0.15, 0.2) is 0 Å². The molecule has 0 amide bonds. The monoisotopic (exact) mass is 284 g/mol. The Morgan fingerprint density at radius 3 is 1.59 bits per heavy atom. The van der Waals surface area contributed by atoms with E-state index in [4.69, 9.17) is 11.8 Å². The van der Waals surface area contributed by atoms with Gasteiger partial charge >= 0.3 is 0 Å². The number of nitriles is 1. The number of nitrogens with zero attached hydrogens (tertiary/aromatic N) is 2. The Balaban J connectivity index is 0.000000561. The van der Waals surface area contributed by atoms with Gasteiger partial charge in [-0.3, -0.25) is 0 Å². The summed E-state index contributed by atoms with van der Waals surface area (Å²) in [5.41, 5.74) is 5.07. The molecule has 0 aliphatic heterocycles. The molecule has 0 saturated heterocycles. The lowest BCUT2D eigenvalue weighted by molar-refractivity contribution is 1.49. The van der Waals surface area contributed by atoms with Crippen molar-refractivity contribution in [2.45, 2.75) is 20.7 Å². The molecule has 2 nitrogen and oxygen atoms in total. The van der Waals surface area contributed by atoms with E-state index in [-0.39, 0.29) is 5.70 Å². The Kier molecular flexibility index (Phi) is 6.67. The molecule has 3 heteroatoms. The van der Waals surface area contributed by atoms with Crippen LogP contribution in [0.4, 0.5) is 0 Å². The van der Waals surface area contributed by atoms with Crippen LogP contribution in [0.1, 0.15) is 25.0 Å². The second kappa shape index (κ2) is 8.50. The van der Waals surface area contributed by atoms with Crippen molar-refractivity contribution < 1.29 is 0 Å². The van der Waals surface area contributed by atoms with Crippen LogP contribution >= 0.6 is 0 Å². The van der Waals surface area contributed by atoms with E-state index in [2.05, 4.69) is 12.7 Å². The fourth-order valence-electron chi connectivity index (χ4n) is 2.41. The molecule has 0 N–H and O–H groups in total. The highest BCUT2D eigenvalue weighted by Crippen LogP contribution is 2.45. The van der Waals surface area contributed by atoms with E-state index in [1.165, 1.54) is 6.82 Å². The van der Waals surface area contributed by atoms with Crippen LogP contribution in [0.15, 0.2) is 54.2 Å². The maximum atomic E-state index is 9.12. The second-order valence-corrected chi connectivity index (χ2v) is 4.04. The van der Waals surface area contributed by atoms with E-state index >= 15 is 0 Å². The normalized spacial score (nSPS) is 9.59. The van der Waals surface area contributed by atoms with Crippen molar-refractivity contribution in [2.75, 3.05) is 0 Å². The SMILES string of the molecule is CC.[B]C.[C-]#[N+]C(C#N)=C1c2ccccc2-c2ccccc21. The number of rotatable bonds is 0. The molecular weight excluding hydrogens is 267 g/mol. The van der Waals surface area contributed by atoms with Gasteiger partial charge in [0.05, 0.1) is 20.5 Å². The zero-order valence-electron chi connectivity index (χ0n) is 13.1.